The zero-order valence-corrected chi connectivity index (χ0v) is 12.5. The number of aromatic nitrogens is 1. The number of nitrogens with zero attached hydrogens (tertiary/aromatic N) is 2. The summed E-state index contributed by atoms with van der Waals surface area (Å²) in [6, 6.07) is 1.74. The maximum atomic E-state index is 11.8. The van der Waals surface area contributed by atoms with Gasteiger partial charge in [0.1, 0.15) is 11.0 Å². The quantitative estimate of drug-likeness (QED) is 0.813. The highest BCUT2D eigenvalue weighted by Crippen LogP contribution is 2.14. The lowest BCUT2D eigenvalue weighted by Crippen LogP contribution is -2.19. The first-order valence-corrected chi connectivity index (χ1v) is 7.19. The summed E-state index contributed by atoms with van der Waals surface area (Å²) in [4.78, 5) is 4.21. The molecule has 0 spiro atoms. The van der Waals surface area contributed by atoms with Gasteiger partial charge in [-0.3, -0.25) is 4.98 Å². The summed E-state index contributed by atoms with van der Waals surface area (Å²) < 4.78 is 15.4. The molecule has 0 aliphatic carbocycles. The smallest absolute Gasteiger partial charge is 0.144 e. The highest BCUT2D eigenvalue weighted by atomic mass is 32.2. The average molecular weight is 280 g/mol. The van der Waals surface area contributed by atoms with Crippen molar-refractivity contribution in [3.63, 3.8) is 0 Å². The van der Waals surface area contributed by atoms with Crippen molar-refractivity contribution in [3.8, 4) is 0 Å². The Morgan fingerprint density at radius 1 is 1.53 bits per heavy atom. The Bertz CT molecular complexity index is 506. The van der Waals surface area contributed by atoms with E-state index in [0.29, 0.717) is 5.69 Å². The monoisotopic (exact) mass is 280 g/mol. The number of rotatable bonds is 5. The second-order valence-corrected chi connectivity index (χ2v) is 6.90. The van der Waals surface area contributed by atoms with E-state index in [1.807, 2.05) is 27.7 Å². The molecular formula is C13H20N4OS. The van der Waals surface area contributed by atoms with Gasteiger partial charge in [-0.2, -0.15) is 4.40 Å². The van der Waals surface area contributed by atoms with Crippen LogP contribution in [0.3, 0.4) is 0 Å². The van der Waals surface area contributed by atoms with Crippen LogP contribution in [0.4, 0.5) is 5.69 Å². The molecule has 5 nitrogen and oxygen atoms in total. The number of pyridine rings is 1. The molecule has 0 bridgehead atoms. The van der Waals surface area contributed by atoms with Crippen LogP contribution in [-0.4, -0.2) is 32.9 Å². The summed E-state index contributed by atoms with van der Waals surface area (Å²) >= 11 is 0. The van der Waals surface area contributed by atoms with Crippen LogP contribution < -0.4 is 5.32 Å². The van der Waals surface area contributed by atoms with E-state index < -0.39 is 11.0 Å². The molecule has 1 aromatic rings. The molecule has 0 amide bonds. The fraction of sp³-hybridized carbons (Fsp3) is 0.462. The van der Waals surface area contributed by atoms with Crippen molar-refractivity contribution in [1.29, 1.82) is 5.41 Å². The number of anilines is 1. The van der Waals surface area contributed by atoms with Gasteiger partial charge in [0.2, 0.25) is 0 Å². The van der Waals surface area contributed by atoms with E-state index >= 15 is 0 Å². The molecule has 0 fully saturated rings. The Hall–Kier alpha value is -1.56. The van der Waals surface area contributed by atoms with Gasteiger partial charge in [-0.05, 0) is 33.8 Å². The molecule has 6 heteroatoms. The Balaban J connectivity index is 2.95. The van der Waals surface area contributed by atoms with Gasteiger partial charge in [0, 0.05) is 18.3 Å². The van der Waals surface area contributed by atoms with Crippen molar-refractivity contribution in [1.82, 2.24) is 4.98 Å². The van der Waals surface area contributed by atoms with Gasteiger partial charge in [0.15, 0.2) is 0 Å². The third kappa shape index (κ3) is 4.55. The highest BCUT2D eigenvalue weighted by Gasteiger charge is 2.18. The second kappa shape index (κ2) is 6.56. The summed E-state index contributed by atoms with van der Waals surface area (Å²) in [5.41, 5.74) is 2.14. The van der Waals surface area contributed by atoms with Crippen LogP contribution in [0.1, 0.15) is 39.0 Å². The average Bonchev–Trinajstić information content (AvgIpc) is 2.36. The van der Waals surface area contributed by atoms with Crippen molar-refractivity contribution >= 4 is 29.1 Å². The first kappa shape index (κ1) is 15.5. The van der Waals surface area contributed by atoms with Gasteiger partial charge in [-0.15, -0.1) is 0 Å². The zero-order valence-electron chi connectivity index (χ0n) is 11.7. The third-order valence-corrected chi connectivity index (χ3v) is 3.63. The number of hydrogen-bond acceptors (Lipinski definition) is 4. The maximum Gasteiger partial charge on any atom is 0.144 e. The molecule has 0 saturated carbocycles. The van der Waals surface area contributed by atoms with E-state index in [1.165, 1.54) is 12.4 Å². The van der Waals surface area contributed by atoms with Gasteiger partial charge in [-0.25, -0.2) is 4.21 Å². The van der Waals surface area contributed by atoms with Crippen LogP contribution in [0, 0.1) is 5.41 Å². The molecular weight excluding hydrogens is 260 g/mol. The molecule has 0 unspecified atom stereocenters. The highest BCUT2D eigenvalue weighted by molar-refractivity contribution is 7.85. The predicted molar refractivity (Wildman–Crippen MR) is 81.8 cm³/mol. The summed E-state index contributed by atoms with van der Waals surface area (Å²) in [5, 5.41) is 10.5. The maximum absolute atomic E-state index is 11.8. The Morgan fingerprint density at radius 2 is 2.21 bits per heavy atom. The molecule has 0 aliphatic heterocycles. The second-order valence-electron chi connectivity index (χ2n) is 4.97. The lowest BCUT2D eigenvalue weighted by Gasteiger charge is -2.12. The van der Waals surface area contributed by atoms with Crippen LogP contribution in [-0.2, 0) is 11.0 Å². The Kier molecular flexibility index (Phi) is 5.35. The van der Waals surface area contributed by atoms with Crippen molar-refractivity contribution < 1.29 is 4.21 Å². The largest absolute Gasteiger partial charge is 0.384 e. The van der Waals surface area contributed by atoms with Crippen LogP contribution >= 0.6 is 0 Å². The topological polar surface area (TPSA) is 78.2 Å². The molecule has 19 heavy (non-hydrogen) atoms. The minimum atomic E-state index is -1.30. The van der Waals surface area contributed by atoms with Crippen molar-refractivity contribution in [2.45, 2.75) is 32.4 Å². The van der Waals surface area contributed by atoms with E-state index in [9.17, 15) is 4.21 Å². The van der Waals surface area contributed by atoms with E-state index in [-0.39, 0.29) is 4.75 Å². The molecule has 1 heterocycles. The summed E-state index contributed by atoms with van der Waals surface area (Å²) in [6.07, 6.45) is 4.41. The SMILES string of the molecule is CCNc1cnc(/C=N/[S@](=O)C(C)(C)C)cc1C=N. The molecule has 0 radical (unpaired) electrons. The Morgan fingerprint density at radius 3 is 2.74 bits per heavy atom. The minimum Gasteiger partial charge on any atom is -0.384 e. The van der Waals surface area contributed by atoms with E-state index in [0.717, 1.165) is 17.8 Å². The standard InChI is InChI=1S/C13H20N4OS/c1-5-15-12-9-16-11(6-10(12)7-14)8-17-19(18)13(2,3)4/h6-9,14-15H,5H2,1-4H3/b14-7?,17-8+/t19-/m1/s1. The van der Waals surface area contributed by atoms with Crippen LogP contribution in [0.15, 0.2) is 16.7 Å². The van der Waals surface area contributed by atoms with Crippen molar-refractivity contribution in [2.75, 3.05) is 11.9 Å². The number of nitrogens with one attached hydrogen (secondary N) is 2. The van der Waals surface area contributed by atoms with Crippen LogP contribution in [0.2, 0.25) is 0 Å². The lowest BCUT2D eigenvalue weighted by atomic mass is 10.2. The minimum absolute atomic E-state index is 0.384. The normalized spacial score (nSPS) is 13.5. The fourth-order valence-electron chi connectivity index (χ4n) is 1.28. The van der Waals surface area contributed by atoms with Gasteiger partial charge < -0.3 is 10.7 Å². The van der Waals surface area contributed by atoms with Gasteiger partial charge in [0.25, 0.3) is 0 Å². The molecule has 2 N–H and O–H groups in total. The summed E-state index contributed by atoms with van der Waals surface area (Å²) in [7, 11) is -1.30. The van der Waals surface area contributed by atoms with E-state index in [4.69, 9.17) is 5.41 Å². The molecule has 0 aromatic carbocycles. The van der Waals surface area contributed by atoms with E-state index in [2.05, 4.69) is 14.7 Å². The molecule has 1 atom stereocenters. The van der Waals surface area contributed by atoms with Gasteiger partial charge in [-0.1, -0.05) is 0 Å². The van der Waals surface area contributed by atoms with E-state index in [1.54, 1.807) is 12.3 Å². The molecule has 1 rings (SSSR count). The zero-order chi connectivity index (χ0) is 14.5. The van der Waals surface area contributed by atoms with Gasteiger partial charge in [0.05, 0.1) is 28.5 Å². The third-order valence-electron chi connectivity index (χ3n) is 2.28. The van der Waals surface area contributed by atoms with Crippen LogP contribution in [0.25, 0.3) is 0 Å². The summed E-state index contributed by atoms with van der Waals surface area (Å²) in [5.74, 6) is 0. The predicted octanol–water partition coefficient (Wildman–Crippen LogP) is 2.39. The number of hydrogen-bond donors (Lipinski definition) is 2. The molecule has 0 saturated heterocycles. The first-order valence-electron chi connectivity index (χ1n) is 6.09. The summed E-state index contributed by atoms with van der Waals surface area (Å²) in [6.45, 7) is 8.35. The molecule has 1 aromatic heterocycles. The molecule has 0 aliphatic rings. The van der Waals surface area contributed by atoms with Crippen LogP contribution in [0.5, 0.6) is 0 Å². The first-order chi connectivity index (χ1) is 8.88. The van der Waals surface area contributed by atoms with Crippen molar-refractivity contribution in [2.24, 2.45) is 4.40 Å². The molecule has 104 valence electrons. The lowest BCUT2D eigenvalue weighted by molar-refractivity contribution is 0.651. The Labute approximate surface area is 116 Å². The van der Waals surface area contributed by atoms with Gasteiger partial charge >= 0.3 is 0 Å². The fourth-order valence-corrected chi connectivity index (χ4v) is 1.80. The van der Waals surface area contributed by atoms with Crippen molar-refractivity contribution in [3.05, 3.63) is 23.5 Å².